The average Bonchev–Trinajstić information content (AvgIpc) is 3.03. The number of likely N-dealkylation sites (N-methyl/N-ethyl adjacent to an activating group) is 1. The van der Waals surface area contributed by atoms with Crippen LogP contribution in [0, 0.1) is 0 Å². The minimum atomic E-state index is 0.185. The average molecular weight is 284 g/mol. The van der Waals surface area contributed by atoms with E-state index in [9.17, 15) is 0 Å². The van der Waals surface area contributed by atoms with Crippen LogP contribution >= 0.6 is 0 Å². The van der Waals surface area contributed by atoms with Gasteiger partial charge in [0.2, 0.25) is 0 Å². The molecule has 0 radical (unpaired) electrons. The van der Waals surface area contributed by atoms with Gasteiger partial charge in [0.1, 0.15) is 5.76 Å². The fourth-order valence-electron chi connectivity index (χ4n) is 3.25. The Kier molecular flexibility index (Phi) is 4.73. The second kappa shape index (κ2) is 6.92. The zero-order chi connectivity index (χ0) is 14.5. The molecular weight excluding hydrogens is 260 g/mol. The zero-order valence-electron chi connectivity index (χ0n) is 12.7. The lowest BCUT2D eigenvalue weighted by Gasteiger charge is -2.32. The third-order valence-corrected chi connectivity index (χ3v) is 4.29. The monoisotopic (exact) mass is 284 g/mol. The first-order valence-electron chi connectivity index (χ1n) is 7.86. The number of nitrogens with zero attached hydrogens (tertiary/aromatic N) is 1. The highest BCUT2D eigenvalue weighted by atomic mass is 16.3. The first-order chi connectivity index (χ1) is 10.3. The molecule has 1 fully saturated rings. The molecule has 2 heterocycles. The first kappa shape index (κ1) is 14.4. The summed E-state index contributed by atoms with van der Waals surface area (Å²) in [5.74, 6) is 1.01. The third kappa shape index (κ3) is 3.55. The topological polar surface area (TPSA) is 28.4 Å². The molecule has 0 spiro atoms. The summed E-state index contributed by atoms with van der Waals surface area (Å²) in [5.41, 5.74) is 1.28. The van der Waals surface area contributed by atoms with Crippen molar-refractivity contribution in [2.24, 2.45) is 0 Å². The van der Waals surface area contributed by atoms with Gasteiger partial charge in [-0.1, -0.05) is 36.8 Å². The van der Waals surface area contributed by atoms with Gasteiger partial charge in [0.15, 0.2) is 0 Å². The van der Waals surface area contributed by atoms with Gasteiger partial charge in [0.05, 0.1) is 12.3 Å². The van der Waals surface area contributed by atoms with E-state index in [2.05, 4.69) is 53.7 Å². The maximum absolute atomic E-state index is 5.70. The molecule has 2 unspecified atom stereocenters. The molecule has 0 bridgehead atoms. The zero-order valence-corrected chi connectivity index (χ0v) is 12.7. The van der Waals surface area contributed by atoms with Gasteiger partial charge in [-0.2, -0.15) is 0 Å². The Labute approximate surface area is 127 Å². The van der Waals surface area contributed by atoms with Gasteiger partial charge in [-0.15, -0.1) is 0 Å². The molecule has 0 aliphatic carbocycles. The lowest BCUT2D eigenvalue weighted by atomic mass is 10.0. The van der Waals surface area contributed by atoms with Crippen LogP contribution in [0.25, 0.3) is 0 Å². The van der Waals surface area contributed by atoms with Crippen LogP contribution < -0.4 is 5.32 Å². The number of benzene rings is 1. The van der Waals surface area contributed by atoms with E-state index in [1.165, 1.54) is 24.8 Å². The van der Waals surface area contributed by atoms with Crippen molar-refractivity contribution < 1.29 is 4.42 Å². The third-order valence-electron chi connectivity index (χ3n) is 4.29. The minimum absolute atomic E-state index is 0.185. The van der Waals surface area contributed by atoms with Gasteiger partial charge in [0, 0.05) is 12.6 Å². The van der Waals surface area contributed by atoms with E-state index >= 15 is 0 Å². The molecular formula is C18H24N2O. The van der Waals surface area contributed by atoms with Crippen molar-refractivity contribution in [3.63, 3.8) is 0 Å². The van der Waals surface area contributed by atoms with Crippen LogP contribution in [-0.4, -0.2) is 31.1 Å². The summed E-state index contributed by atoms with van der Waals surface area (Å²) >= 11 is 0. The highest BCUT2D eigenvalue weighted by Gasteiger charge is 2.24. The Morgan fingerprint density at radius 1 is 1.19 bits per heavy atom. The largest absolute Gasteiger partial charge is 0.467 e. The lowest BCUT2D eigenvalue weighted by molar-refractivity contribution is 0.208. The lowest BCUT2D eigenvalue weighted by Crippen LogP contribution is -2.43. The van der Waals surface area contributed by atoms with Gasteiger partial charge in [-0.3, -0.25) is 4.90 Å². The standard InChI is InChI=1S/C18H24N2O/c1-20(14-16-10-5-6-12-19-16)18(17-11-7-13-21-17)15-8-3-2-4-9-15/h2-4,7-9,11,13,16,18-19H,5-6,10,12,14H2,1H3. The number of hydrogen-bond donors (Lipinski definition) is 1. The van der Waals surface area contributed by atoms with E-state index in [4.69, 9.17) is 4.42 Å². The highest BCUT2D eigenvalue weighted by Crippen LogP contribution is 2.28. The van der Waals surface area contributed by atoms with Gasteiger partial charge in [-0.05, 0) is 44.1 Å². The molecule has 3 heteroatoms. The van der Waals surface area contributed by atoms with E-state index in [0.29, 0.717) is 6.04 Å². The summed E-state index contributed by atoms with van der Waals surface area (Å²) in [6.45, 7) is 2.19. The smallest absolute Gasteiger partial charge is 0.125 e. The Morgan fingerprint density at radius 2 is 2.05 bits per heavy atom. The second-order valence-electron chi connectivity index (χ2n) is 5.92. The molecule has 3 nitrogen and oxygen atoms in total. The van der Waals surface area contributed by atoms with Crippen molar-refractivity contribution in [2.75, 3.05) is 20.1 Å². The fraction of sp³-hybridized carbons (Fsp3) is 0.444. The van der Waals surface area contributed by atoms with E-state index < -0.39 is 0 Å². The van der Waals surface area contributed by atoms with Crippen LogP contribution in [-0.2, 0) is 0 Å². The molecule has 3 rings (SSSR count). The summed E-state index contributed by atoms with van der Waals surface area (Å²) in [6, 6.07) is 15.4. The Hall–Kier alpha value is -1.58. The Bertz CT molecular complexity index is 517. The van der Waals surface area contributed by atoms with E-state index in [1.54, 1.807) is 6.26 Å². The molecule has 1 aliphatic rings. The molecule has 1 N–H and O–H groups in total. The summed E-state index contributed by atoms with van der Waals surface area (Å²) in [4.78, 5) is 2.40. The van der Waals surface area contributed by atoms with E-state index in [-0.39, 0.29) is 6.04 Å². The molecule has 1 aliphatic heterocycles. The summed E-state index contributed by atoms with van der Waals surface area (Å²) in [5, 5.41) is 3.63. The number of hydrogen-bond acceptors (Lipinski definition) is 3. The predicted octanol–water partition coefficient (Wildman–Crippen LogP) is 3.44. The molecule has 1 aromatic carbocycles. The van der Waals surface area contributed by atoms with Crippen molar-refractivity contribution in [3.05, 3.63) is 60.1 Å². The Morgan fingerprint density at radius 3 is 2.71 bits per heavy atom. The van der Waals surface area contributed by atoms with Gasteiger partial charge < -0.3 is 9.73 Å². The maximum Gasteiger partial charge on any atom is 0.125 e. The molecule has 21 heavy (non-hydrogen) atoms. The number of piperidine rings is 1. The van der Waals surface area contributed by atoms with Crippen molar-refractivity contribution in [1.29, 1.82) is 0 Å². The summed E-state index contributed by atoms with van der Waals surface area (Å²) < 4.78 is 5.70. The molecule has 0 saturated carbocycles. The van der Waals surface area contributed by atoms with Crippen molar-refractivity contribution in [3.8, 4) is 0 Å². The predicted molar refractivity (Wildman–Crippen MR) is 85.3 cm³/mol. The van der Waals surface area contributed by atoms with Crippen LogP contribution in [0.4, 0.5) is 0 Å². The summed E-state index contributed by atoms with van der Waals surface area (Å²) in [6.07, 6.45) is 5.67. The summed E-state index contributed by atoms with van der Waals surface area (Å²) in [7, 11) is 2.19. The van der Waals surface area contributed by atoms with E-state index in [1.807, 2.05) is 6.07 Å². The van der Waals surface area contributed by atoms with Crippen LogP contribution in [0.2, 0.25) is 0 Å². The van der Waals surface area contributed by atoms with Gasteiger partial charge >= 0.3 is 0 Å². The number of furan rings is 1. The molecule has 112 valence electrons. The quantitative estimate of drug-likeness (QED) is 0.911. The van der Waals surface area contributed by atoms with Gasteiger partial charge in [0.25, 0.3) is 0 Å². The fourth-order valence-corrected chi connectivity index (χ4v) is 3.25. The Balaban J connectivity index is 1.78. The van der Waals surface area contributed by atoms with Crippen molar-refractivity contribution in [2.45, 2.75) is 31.3 Å². The molecule has 2 aromatic rings. The normalized spacial score (nSPS) is 20.6. The van der Waals surface area contributed by atoms with Crippen molar-refractivity contribution >= 4 is 0 Å². The van der Waals surface area contributed by atoms with Gasteiger partial charge in [-0.25, -0.2) is 0 Å². The number of rotatable bonds is 5. The SMILES string of the molecule is CN(CC1CCCCN1)C(c1ccccc1)c1ccco1. The van der Waals surface area contributed by atoms with Crippen LogP contribution in [0.5, 0.6) is 0 Å². The number of nitrogens with one attached hydrogen (secondary N) is 1. The highest BCUT2D eigenvalue weighted by molar-refractivity contribution is 5.26. The second-order valence-corrected chi connectivity index (χ2v) is 5.92. The van der Waals surface area contributed by atoms with Crippen LogP contribution in [0.15, 0.2) is 53.1 Å². The van der Waals surface area contributed by atoms with E-state index in [0.717, 1.165) is 18.8 Å². The van der Waals surface area contributed by atoms with Crippen LogP contribution in [0.1, 0.15) is 36.6 Å². The van der Waals surface area contributed by atoms with Crippen LogP contribution in [0.3, 0.4) is 0 Å². The maximum atomic E-state index is 5.70. The molecule has 1 aromatic heterocycles. The molecule has 1 saturated heterocycles. The first-order valence-corrected chi connectivity index (χ1v) is 7.86. The molecule has 2 atom stereocenters. The molecule has 0 amide bonds. The van der Waals surface area contributed by atoms with Crippen molar-refractivity contribution in [1.82, 2.24) is 10.2 Å². The minimum Gasteiger partial charge on any atom is -0.467 e.